The Morgan fingerprint density at radius 2 is 1.68 bits per heavy atom. The van der Waals surface area contributed by atoms with Crippen molar-refractivity contribution in [3.8, 4) is 0 Å². The summed E-state index contributed by atoms with van der Waals surface area (Å²) in [6, 6.07) is 6.18. The van der Waals surface area contributed by atoms with Gasteiger partial charge in [0.2, 0.25) is 0 Å². The first-order valence-electron chi connectivity index (χ1n) is 6.98. The van der Waals surface area contributed by atoms with E-state index in [9.17, 15) is 31.5 Å². The van der Waals surface area contributed by atoms with Gasteiger partial charge in [0.25, 0.3) is 12.0 Å². The monoisotopic (exact) mass is 432 g/mol. The molecule has 0 aliphatic rings. The van der Waals surface area contributed by atoms with Crippen LogP contribution < -0.4 is 0 Å². The van der Waals surface area contributed by atoms with E-state index in [1.807, 2.05) is 0 Å². The van der Waals surface area contributed by atoms with Crippen LogP contribution in [0, 0.1) is 0 Å². The van der Waals surface area contributed by atoms with Gasteiger partial charge < -0.3 is 9.47 Å². The number of esters is 2. The third-order valence-corrected chi connectivity index (χ3v) is 3.37. The van der Waals surface area contributed by atoms with Gasteiger partial charge >= 0.3 is 18.1 Å². The molecule has 4 nitrogen and oxygen atoms in total. The third kappa shape index (κ3) is 7.37. The summed E-state index contributed by atoms with van der Waals surface area (Å²) in [5.41, 5.74) is 0.244. The van der Waals surface area contributed by atoms with E-state index in [0.29, 0.717) is 0 Å². The standard InChI is InChI=1S/C15H14BrF5O4/c1-14(17,18)13(15(19,20)21)25-11(22)3-2-8-24-12(23)9-4-6-10(16)7-5-9/h4-7,13H,2-3,8H2,1H3. The number of hydrogen-bond acceptors (Lipinski definition) is 4. The molecule has 1 aromatic carbocycles. The predicted octanol–water partition coefficient (Wildman–Crippen LogP) is 4.52. The minimum atomic E-state index is -5.39. The number of benzene rings is 1. The molecule has 1 aromatic rings. The molecule has 0 aliphatic carbocycles. The van der Waals surface area contributed by atoms with Gasteiger partial charge in [-0.05, 0) is 30.7 Å². The number of rotatable bonds is 7. The number of halogens is 6. The van der Waals surface area contributed by atoms with Crippen molar-refractivity contribution in [2.24, 2.45) is 0 Å². The van der Waals surface area contributed by atoms with E-state index >= 15 is 0 Å². The van der Waals surface area contributed by atoms with E-state index in [1.165, 1.54) is 12.1 Å². The topological polar surface area (TPSA) is 52.6 Å². The molecule has 10 heteroatoms. The van der Waals surface area contributed by atoms with Crippen LogP contribution in [0.4, 0.5) is 22.0 Å². The van der Waals surface area contributed by atoms with Crippen molar-refractivity contribution in [3.05, 3.63) is 34.3 Å². The molecule has 0 aromatic heterocycles. The van der Waals surface area contributed by atoms with Gasteiger partial charge in [-0.1, -0.05) is 15.9 Å². The lowest BCUT2D eigenvalue weighted by Crippen LogP contribution is -2.46. The molecule has 0 bridgehead atoms. The molecule has 1 unspecified atom stereocenters. The van der Waals surface area contributed by atoms with E-state index in [2.05, 4.69) is 20.7 Å². The second-order valence-electron chi connectivity index (χ2n) is 5.11. The van der Waals surface area contributed by atoms with Crippen LogP contribution in [0.3, 0.4) is 0 Å². The molecular formula is C15H14BrF5O4. The van der Waals surface area contributed by atoms with Crippen molar-refractivity contribution < 1.29 is 41.0 Å². The molecule has 140 valence electrons. The summed E-state index contributed by atoms with van der Waals surface area (Å²) >= 11 is 3.18. The fourth-order valence-corrected chi connectivity index (χ4v) is 1.96. The molecule has 25 heavy (non-hydrogen) atoms. The Hall–Kier alpha value is -1.71. The quantitative estimate of drug-likeness (QED) is 0.361. The molecular weight excluding hydrogens is 419 g/mol. The zero-order valence-corrected chi connectivity index (χ0v) is 14.5. The van der Waals surface area contributed by atoms with Crippen LogP contribution in [0.2, 0.25) is 0 Å². The molecule has 0 aliphatic heterocycles. The van der Waals surface area contributed by atoms with Crippen LogP contribution in [0.1, 0.15) is 30.1 Å². The van der Waals surface area contributed by atoms with Crippen molar-refractivity contribution in [3.63, 3.8) is 0 Å². The van der Waals surface area contributed by atoms with Crippen molar-refractivity contribution in [2.45, 2.75) is 38.0 Å². The van der Waals surface area contributed by atoms with Crippen molar-refractivity contribution in [2.75, 3.05) is 6.61 Å². The Labute approximate surface area is 148 Å². The second kappa shape index (κ2) is 8.59. The normalized spacial score (nSPS) is 13.2. The summed E-state index contributed by atoms with van der Waals surface area (Å²) in [4.78, 5) is 22.9. The Bertz CT molecular complexity index is 581. The molecule has 0 spiro atoms. The summed E-state index contributed by atoms with van der Waals surface area (Å²) in [6.07, 6.45) is -9.67. The molecule has 0 saturated heterocycles. The molecule has 0 radical (unpaired) electrons. The van der Waals surface area contributed by atoms with Gasteiger partial charge in [-0.25, -0.2) is 13.6 Å². The van der Waals surface area contributed by atoms with Crippen molar-refractivity contribution in [1.82, 2.24) is 0 Å². The van der Waals surface area contributed by atoms with Gasteiger partial charge in [0.05, 0.1) is 12.2 Å². The highest BCUT2D eigenvalue weighted by atomic mass is 79.9. The lowest BCUT2D eigenvalue weighted by molar-refractivity contribution is -0.273. The molecule has 0 amide bonds. The highest BCUT2D eigenvalue weighted by Crippen LogP contribution is 2.34. The molecule has 1 rings (SSSR count). The van der Waals surface area contributed by atoms with Crippen LogP contribution in [0.15, 0.2) is 28.7 Å². The summed E-state index contributed by atoms with van der Waals surface area (Å²) in [7, 11) is 0. The van der Waals surface area contributed by atoms with Crippen LogP contribution in [0.5, 0.6) is 0 Å². The maximum absolute atomic E-state index is 12.9. The van der Waals surface area contributed by atoms with E-state index in [0.717, 1.165) is 4.47 Å². The van der Waals surface area contributed by atoms with Gasteiger partial charge in [-0.2, -0.15) is 13.2 Å². The Morgan fingerprint density at radius 3 is 2.16 bits per heavy atom. The predicted molar refractivity (Wildman–Crippen MR) is 80.2 cm³/mol. The highest BCUT2D eigenvalue weighted by molar-refractivity contribution is 9.10. The smallest absolute Gasteiger partial charge is 0.431 e. The van der Waals surface area contributed by atoms with Crippen molar-refractivity contribution in [1.29, 1.82) is 0 Å². The van der Waals surface area contributed by atoms with Gasteiger partial charge in [0.1, 0.15) is 0 Å². The first-order valence-corrected chi connectivity index (χ1v) is 7.77. The highest BCUT2D eigenvalue weighted by Gasteiger charge is 2.56. The third-order valence-electron chi connectivity index (χ3n) is 2.85. The maximum atomic E-state index is 12.9. The number of alkyl halides is 5. The lowest BCUT2D eigenvalue weighted by Gasteiger charge is -2.25. The number of carbonyl (C=O) groups is 2. The molecule has 1 atom stereocenters. The average Bonchev–Trinajstić information content (AvgIpc) is 2.47. The Balaban J connectivity index is 2.41. The van der Waals surface area contributed by atoms with E-state index in [-0.39, 0.29) is 25.5 Å². The van der Waals surface area contributed by atoms with Gasteiger partial charge in [-0.15, -0.1) is 0 Å². The first-order chi connectivity index (χ1) is 11.4. The van der Waals surface area contributed by atoms with E-state index in [1.54, 1.807) is 12.1 Å². The molecule has 0 N–H and O–H groups in total. The summed E-state index contributed by atoms with van der Waals surface area (Å²) in [5.74, 6) is -6.40. The summed E-state index contributed by atoms with van der Waals surface area (Å²) in [5, 5.41) is 0. The van der Waals surface area contributed by atoms with Crippen molar-refractivity contribution >= 4 is 27.9 Å². The minimum absolute atomic E-state index is 0.0123. The van der Waals surface area contributed by atoms with E-state index in [4.69, 9.17) is 4.74 Å². The largest absolute Gasteiger partial charge is 0.462 e. The SMILES string of the molecule is CC(F)(F)C(OC(=O)CCCOC(=O)c1ccc(Br)cc1)C(F)(F)F. The van der Waals surface area contributed by atoms with Crippen LogP contribution in [-0.4, -0.2) is 36.7 Å². The zero-order valence-electron chi connectivity index (χ0n) is 12.9. The summed E-state index contributed by atoms with van der Waals surface area (Å²) in [6.45, 7) is -0.262. The number of hydrogen-bond donors (Lipinski definition) is 0. The molecule has 0 fully saturated rings. The van der Waals surface area contributed by atoms with Crippen LogP contribution in [0.25, 0.3) is 0 Å². The van der Waals surface area contributed by atoms with Gasteiger partial charge in [0.15, 0.2) is 0 Å². The number of carbonyl (C=O) groups excluding carboxylic acids is 2. The Morgan fingerprint density at radius 1 is 1.12 bits per heavy atom. The molecule has 0 saturated carbocycles. The van der Waals surface area contributed by atoms with Gasteiger partial charge in [0, 0.05) is 17.8 Å². The van der Waals surface area contributed by atoms with Crippen LogP contribution >= 0.6 is 15.9 Å². The number of ether oxygens (including phenoxy) is 2. The average molecular weight is 433 g/mol. The van der Waals surface area contributed by atoms with Crippen LogP contribution in [-0.2, 0) is 14.3 Å². The summed E-state index contributed by atoms with van der Waals surface area (Å²) < 4.78 is 72.5. The first kappa shape index (κ1) is 21.3. The van der Waals surface area contributed by atoms with E-state index < -0.39 is 36.6 Å². The second-order valence-corrected chi connectivity index (χ2v) is 6.03. The molecule has 0 heterocycles. The lowest BCUT2D eigenvalue weighted by atomic mass is 10.2. The zero-order chi connectivity index (χ0) is 19.3. The Kier molecular flexibility index (Phi) is 7.33. The maximum Gasteiger partial charge on any atom is 0.431 e. The minimum Gasteiger partial charge on any atom is -0.462 e. The fourth-order valence-electron chi connectivity index (χ4n) is 1.70. The van der Waals surface area contributed by atoms with Gasteiger partial charge in [-0.3, -0.25) is 4.79 Å². The fraction of sp³-hybridized carbons (Fsp3) is 0.467.